The van der Waals surface area contributed by atoms with Gasteiger partial charge in [0.25, 0.3) is 0 Å². The molecule has 0 unspecified atom stereocenters. The van der Waals surface area contributed by atoms with Crippen LogP contribution in [0.4, 0.5) is 0 Å². The SMILES string of the molecule is O=C(O)[C@@H]1[C@H]2C[C@H]3[C@H](NC(=O)[C@H]31)[C@H]2O. The number of hydrogen-bond donors (Lipinski definition) is 3. The molecule has 3 aliphatic rings. The number of amides is 1. The highest BCUT2D eigenvalue weighted by Crippen LogP contribution is 2.55. The summed E-state index contributed by atoms with van der Waals surface area (Å²) in [5, 5.41) is 21.5. The molecule has 3 N–H and O–H groups in total. The fourth-order valence-corrected chi connectivity index (χ4v) is 3.53. The molecule has 0 aromatic carbocycles. The van der Waals surface area contributed by atoms with Gasteiger partial charge in [0.05, 0.1) is 24.0 Å². The van der Waals surface area contributed by atoms with Gasteiger partial charge in [0.2, 0.25) is 5.91 Å². The van der Waals surface area contributed by atoms with Crippen LogP contribution in [0.1, 0.15) is 6.42 Å². The van der Waals surface area contributed by atoms with E-state index >= 15 is 0 Å². The number of aliphatic carboxylic acids is 1. The molecule has 5 nitrogen and oxygen atoms in total. The minimum absolute atomic E-state index is 0.0450. The van der Waals surface area contributed by atoms with Crippen molar-refractivity contribution in [1.82, 2.24) is 5.32 Å². The summed E-state index contributed by atoms with van der Waals surface area (Å²) < 4.78 is 0. The zero-order valence-electron chi connectivity index (χ0n) is 7.38. The Bertz CT molecular complexity index is 329. The molecule has 0 spiro atoms. The Morgan fingerprint density at radius 1 is 1.43 bits per heavy atom. The first kappa shape index (κ1) is 8.23. The Morgan fingerprint density at radius 3 is 2.79 bits per heavy atom. The van der Waals surface area contributed by atoms with E-state index in [1.165, 1.54) is 0 Å². The number of rotatable bonds is 1. The van der Waals surface area contributed by atoms with Crippen molar-refractivity contribution >= 4 is 11.9 Å². The molecule has 3 fully saturated rings. The van der Waals surface area contributed by atoms with Crippen LogP contribution in [-0.4, -0.2) is 34.2 Å². The first-order valence-electron chi connectivity index (χ1n) is 4.82. The molecule has 76 valence electrons. The molecule has 0 aromatic rings. The third-order valence-corrected chi connectivity index (χ3v) is 4.02. The average molecular weight is 197 g/mol. The Morgan fingerprint density at radius 2 is 2.14 bits per heavy atom. The highest BCUT2D eigenvalue weighted by atomic mass is 16.4. The third-order valence-electron chi connectivity index (χ3n) is 4.02. The van der Waals surface area contributed by atoms with Crippen LogP contribution in [0.5, 0.6) is 0 Å². The van der Waals surface area contributed by atoms with Crippen LogP contribution >= 0.6 is 0 Å². The van der Waals surface area contributed by atoms with Gasteiger partial charge < -0.3 is 15.5 Å². The van der Waals surface area contributed by atoms with Gasteiger partial charge in [-0.3, -0.25) is 9.59 Å². The van der Waals surface area contributed by atoms with Crippen molar-refractivity contribution in [1.29, 1.82) is 0 Å². The molecule has 14 heavy (non-hydrogen) atoms. The Hall–Kier alpha value is -1.10. The molecular formula is C9H11NO4. The minimum Gasteiger partial charge on any atom is -0.481 e. The number of carbonyl (C=O) groups is 2. The van der Waals surface area contributed by atoms with E-state index in [-0.39, 0.29) is 23.8 Å². The number of carboxylic acids is 1. The lowest BCUT2D eigenvalue weighted by Gasteiger charge is -2.26. The van der Waals surface area contributed by atoms with Gasteiger partial charge >= 0.3 is 5.97 Å². The maximum absolute atomic E-state index is 11.5. The van der Waals surface area contributed by atoms with Gasteiger partial charge in [-0.05, 0) is 12.3 Å². The van der Waals surface area contributed by atoms with Crippen LogP contribution in [0.3, 0.4) is 0 Å². The smallest absolute Gasteiger partial charge is 0.307 e. The maximum atomic E-state index is 11.5. The fourth-order valence-electron chi connectivity index (χ4n) is 3.53. The van der Waals surface area contributed by atoms with Crippen molar-refractivity contribution in [2.24, 2.45) is 23.7 Å². The van der Waals surface area contributed by atoms with Crippen molar-refractivity contribution in [3.63, 3.8) is 0 Å². The van der Waals surface area contributed by atoms with Crippen LogP contribution in [0, 0.1) is 23.7 Å². The summed E-state index contributed by atoms with van der Waals surface area (Å²) in [4.78, 5) is 22.4. The molecule has 1 heterocycles. The molecular weight excluding hydrogens is 186 g/mol. The summed E-state index contributed by atoms with van der Waals surface area (Å²) in [7, 11) is 0. The van der Waals surface area contributed by atoms with E-state index in [0.717, 1.165) is 0 Å². The van der Waals surface area contributed by atoms with Crippen molar-refractivity contribution in [2.75, 3.05) is 0 Å². The van der Waals surface area contributed by atoms with E-state index in [4.69, 9.17) is 5.11 Å². The zero-order chi connectivity index (χ0) is 10.0. The zero-order valence-corrected chi connectivity index (χ0v) is 7.38. The number of aliphatic hydroxyl groups excluding tert-OH is 1. The molecule has 3 rings (SSSR count). The number of nitrogens with one attached hydrogen (secondary N) is 1. The first-order valence-corrected chi connectivity index (χ1v) is 4.82. The van der Waals surface area contributed by atoms with Gasteiger partial charge in [0, 0.05) is 5.92 Å². The summed E-state index contributed by atoms with van der Waals surface area (Å²) in [5.41, 5.74) is 0. The van der Waals surface area contributed by atoms with Crippen LogP contribution in [-0.2, 0) is 9.59 Å². The molecule has 2 aliphatic carbocycles. The number of fused-ring (bicyclic) bond motifs is 1. The minimum atomic E-state index is -0.947. The molecule has 1 saturated heterocycles. The largest absolute Gasteiger partial charge is 0.481 e. The average Bonchev–Trinajstić information content (AvgIpc) is 2.67. The lowest BCUT2D eigenvalue weighted by atomic mass is 9.78. The number of aliphatic hydroxyl groups is 1. The molecule has 5 heteroatoms. The van der Waals surface area contributed by atoms with E-state index in [2.05, 4.69) is 5.32 Å². The number of hydrogen-bond acceptors (Lipinski definition) is 3. The Kier molecular flexibility index (Phi) is 1.34. The van der Waals surface area contributed by atoms with Gasteiger partial charge in [0.1, 0.15) is 0 Å². The van der Waals surface area contributed by atoms with Crippen molar-refractivity contribution in [3.05, 3.63) is 0 Å². The van der Waals surface area contributed by atoms with Gasteiger partial charge in [-0.1, -0.05) is 0 Å². The van der Waals surface area contributed by atoms with Crippen molar-refractivity contribution in [2.45, 2.75) is 18.6 Å². The molecule has 0 aromatic heterocycles. The highest BCUT2D eigenvalue weighted by Gasteiger charge is 2.66. The van der Waals surface area contributed by atoms with Gasteiger partial charge in [-0.15, -0.1) is 0 Å². The van der Waals surface area contributed by atoms with Crippen LogP contribution < -0.4 is 5.32 Å². The maximum Gasteiger partial charge on any atom is 0.307 e. The lowest BCUT2D eigenvalue weighted by Crippen LogP contribution is -2.42. The van der Waals surface area contributed by atoms with Crippen LogP contribution in [0.25, 0.3) is 0 Å². The summed E-state index contributed by atoms with van der Waals surface area (Å²) in [5.74, 6) is -2.39. The number of carboxylic acid groups (broad SMARTS) is 1. The summed E-state index contributed by atoms with van der Waals surface area (Å²) in [6, 6.07) is -0.187. The highest BCUT2D eigenvalue weighted by molar-refractivity contribution is 5.89. The molecule has 6 atom stereocenters. The van der Waals surface area contributed by atoms with Crippen molar-refractivity contribution in [3.8, 4) is 0 Å². The van der Waals surface area contributed by atoms with E-state index in [1.807, 2.05) is 0 Å². The standard InChI is InChI=1S/C9H11NO4/c11-7-3-1-2-4(5(3)9(13)14)8(12)10-6(2)7/h2-7,11H,1H2,(H,10,12)(H,13,14)/t2-,3-,4-,5-,6+,7+/m1/s1. The molecule has 1 amide bonds. The van der Waals surface area contributed by atoms with E-state index in [9.17, 15) is 14.7 Å². The summed E-state index contributed by atoms with van der Waals surface area (Å²) >= 11 is 0. The normalized spacial score (nSPS) is 53.6. The predicted molar refractivity (Wildman–Crippen MR) is 44.2 cm³/mol. The van der Waals surface area contributed by atoms with E-state index in [0.29, 0.717) is 6.42 Å². The van der Waals surface area contributed by atoms with Gasteiger partial charge in [-0.2, -0.15) is 0 Å². The molecule has 0 radical (unpaired) electrons. The van der Waals surface area contributed by atoms with Crippen LogP contribution in [0.15, 0.2) is 0 Å². The third kappa shape index (κ3) is 0.706. The second kappa shape index (κ2) is 2.28. The summed E-state index contributed by atoms with van der Waals surface area (Å²) in [6.45, 7) is 0. The molecule has 2 saturated carbocycles. The lowest BCUT2D eigenvalue weighted by molar-refractivity contribution is -0.149. The second-order valence-electron chi connectivity index (χ2n) is 4.48. The first-order chi connectivity index (χ1) is 6.61. The molecule has 2 bridgehead atoms. The van der Waals surface area contributed by atoms with Crippen LogP contribution in [0.2, 0.25) is 0 Å². The second-order valence-corrected chi connectivity index (χ2v) is 4.48. The Balaban J connectivity index is 2.04. The van der Waals surface area contributed by atoms with Gasteiger partial charge in [-0.25, -0.2) is 0 Å². The van der Waals surface area contributed by atoms with Gasteiger partial charge in [0.15, 0.2) is 0 Å². The van der Waals surface area contributed by atoms with E-state index < -0.39 is 23.9 Å². The predicted octanol–water partition coefficient (Wildman–Crippen LogP) is -1.19. The topological polar surface area (TPSA) is 86.6 Å². The quantitative estimate of drug-likeness (QED) is 0.493. The molecule has 1 aliphatic heterocycles. The number of carbonyl (C=O) groups excluding carboxylic acids is 1. The van der Waals surface area contributed by atoms with E-state index in [1.54, 1.807) is 0 Å². The summed E-state index contributed by atoms with van der Waals surface area (Å²) in [6.07, 6.45) is 0.00968. The Labute approximate surface area is 80.1 Å². The fraction of sp³-hybridized carbons (Fsp3) is 0.778. The monoisotopic (exact) mass is 197 g/mol. The van der Waals surface area contributed by atoms with Crippen molar-refractivity contribution < 1.29 is 19.8 Å².